The molecule has 168 valence electrons. The number of amides is 1. The summed E-state index contributed by atoms with van der Waals surface area (Å²) in [7, 11) is -0.700. The molecule has 1 aliphatic rings. The van der Waals surface area contributed by atoms with E-state index in [9.17, 15) is 9.59 Å². The van der Waals surface area contributed by atoms with E-state index in [0.717, 1.165) is 5.56 Å². The van der Waals surface area contributed by atoms with Crippen LogP contribution in [0.2, 0.25) is 0 Å². The van der Waals surface area contributed by atoms with Gasteiger partial charge >= 0.3 is 19.2 Å². The number of carboxylic acid groups (broad SMARTS) is 1. The summed E-state index contributed by atoms with van der Waals surface area (Å²) < 4.78 is 17.5. The SMILES string of the molecule is CC1(C)OB(C(=Cc2ccc(C(=O)O)nc2)CNC(=O)OCc2ccccc2)OC1(C)C. The summed E-state index contributed by atoms with van der Waals surface area (Å²) in [6.07, 6.45) is 2.64. The van der Waals surface area contributed by atoms with Gasteiger partial charge < -0.3 is 24.5 Å². The highest BCUT2D eigenvalue weighted by molar-refractivity contribution is 6.56. The van der Waals surface area contributed by atoms with E-state index in [-0.39, 0.29) is 18.8 Å². The zero-order valence-electron chi connectivity index (χ0n) is 18.6. The van der Waals surface area contributed by atoms with Crippen molar-refractivity contribution in [1.82, 2.24) is 10.3 Å². The minimum absolute atomic E-state index is 0.0538. The van der Waals surface area contributed by atoms with Crippen LogP contribution in [0, 0.1) is 0 Å². The number of carbonyl (C=O) groups is 2. The van der Waals surface area contributed by atoms with Gasteiger partial charge in [-0.25, -0.2) is 14.6 Å². The van der Waals surface area contributed by atoms with Crippen LogP contribution in [-0.2, 0) is 20.7 Å². The monoisotopic (exact) mass is 438 g/mol. The molecule has 0 unspecified atom stereocenters. The number of benzene rings is 1. The van der Waals surface area contributed by atoms with Crippen molar-refractivity contribution >= 4 is 25.3 Å². The van der Waals surface area contributed by atoms with Crippen LogP contribution in [0.25, 0.3) is 6.08 Å². The number of aromatic nitrogens is 1. The van der Waals surface area contributed by atoms with Gasteiger partial charge in [0.05, 0.1) is 11.2 Å². The van der Waals surface area contributed by atoms with Gasteiger partial charge in [0.1, 0.15) is 12.3 Å². The highest BCUT2D eigenvalue weighted by Gasteiger charge is 2.52. The summed E-state index contributed by atoms with van der Waals surface area (Å²) in [4.78, 5) is 27.2. The van der Waals surface area contributed by atoms with Crippen LogP contribution in [0.15, 0.2) is 54.1 Å². The quantitative estimate of drug-likeness (QED) is 0.635. The average Bonchev–Trinajstić information content (AvgIpc) is 2.97. The van der Waals surface area contributed by atoms with E-state index >= 15 is 0 Å². The molecule has 1 aliphatic heterocycles. The fourth-order valence-electron chi connectivity index (χ4n) is 2.98. The summed E-state index contributed by atoms with van der Waals surface area (Å²) in [6, 6.07) is 12.4. The predicted octanol–water partition coefficient (Wildman–Crippen LogP) is 3.72. The summed E-state index contributed by atoms with van der Waals surface area (Å²) in [5.74, 6) is -1.10. The zero-order chi connectivity index (χ0) is 23.4. The molecule has 2 heterocycles. The predicted molar refractivity (Wildman–Crippen MR) is 120 cm³/mol. The molecule has 1 aromatic heterocycles. The molecular formula is C23H27BN2O6. The molecule has 8 nitrogen and oxygen atoms in total. The molecule has 1 saturated heterocycles. The van der Waals surface area contributed by atoms with E-state index in [1.807, 2.05) is 58.0 Å². The van der Waals surface area contributed by atoms with Gasteiger partial charge in [-0.15, -0.1) is 0 Å². The molecule has 0 atom stereocenters. The number of carboxylic acids is 1. The van der Waals surface area contributed by atoms with Gasteiger partial charge in [0, 0.05) is 12.7 Å². The number of ether oxygens (including phenoxy) is 1. The lowest BCUT2D eigenvalue weighted by molar-refractivity contribution is 0.00578. The van der Waals surface area contributed by atoms with Crippen molar-refractivity contribution in [2.75, 3.05) is 6.54 Å². The largest absolute Gasteiger partial charge is 0.492 e. The third-order valence-corrected chi connectivity index (χ3v) is 5.56. The maximum atomic E-state index is 12.2. The van der Waals surface area contributed by atoms with Gasteiger partial charge in [0.25, 0.3) is 0 Å². The molecule has 1 fully saturated rings. The van der Waals surface area contributed by atoms with E-state index in [1.165, 1.54) is 12.3 Å². The number of hydrogen-bond donors (Lipinski definition) is 2. The fraction of sp³-hybridized carbons (Fsp3) is 0.348. The van der Waals surface area contributed by atoms with Crippen LogP contribution in [0.1, 0.15) is 49.3 Å². The Balaban J connectivity index is 1.73. The Morgan fingerprint density at radius 1 is 1.09 bits per heavy atom. The molecule has 32 heavy (non-hydrogen) atoms. The summed E-state index contributed by atoms with van der Waals surface area (Å²) in [5.41, 5.74) is 1.01. The van der Waals surface area contributed by atoms with Gasteiger partial charge in [-0.2, -0.15) is 0 Å². The molecular weight excluding hydrogens is 411 g/mol. The Morgan fingerprint density at radius 3 is 2.31 bits per heavy atom. The first-order valence-corrected chi connectivity index (χ1v) is 10.3. The van der Waals surface area contributed by atoms with Crippen LogP contribution in [-0.4, -0.2) is 47.0 Å². The fourth-order valence-corrected chi connectivity index (χ4v) is 2.98. The standard InChI is InChI=1S/C23H27BN2O6/c1-22(2)23(3,4)32-24(31-22)18(12-17-10-11-19(20(27)28)25-13-17)14-26-21(29)30-15-16-8-6-5-7-9-16/h5-13H,14-15H2,1-4H3,(H,26,29)(H,27,28). The first-order chi connectivity index (χ1) is 15.1. The van der Waals surface area contributed by atoms with Crippen molar-refractivity contribution in [3.63, 3.8) is 0 Å². The molecule has 1 amide bonds. The minimum atomic E-state index is -1.10. The van der Waals surface area contributed by atoms with Gasteiger partial charge in [0.15, 0.2) is 0 Å². The van der Waals surface area contributed by atoms with Crippen molar-refractivity contribution in [2.45, 2.75) is 45.5 Å². The van der Waals surface area contributed by atoms with E-state index < -0.39 is 30.4 Å². The van der Waals surface area contributed by atoms with Crippen LogP contribution in [0.3, 0.4) is 0 Å². The highest BCUT2D eigenvalue weighted by atomic mass is 16.7. The summed E-state index contributed by atoms with van der Waals surface area (Å²) >= 11 is 0. The smallest absolute Gasteiger partial charge is 0.477 e. The molecule has 0 saturated carbocycles. The maximum Gasteiger partial charge on any atom is 0.492 e. The van der Waals surface area contributed by atoms with Crippen molar-refractivity contribution in [2.24, 2.45) is 0 Å². The van der Waals surface area contributed by atoms with Crippen LogP contribution < -0.4 is 5.32 Å². The Labute approximate surface area is 187 Å². The number of nitrogens with zero attached hydrogens (tertiary/aromatic N) is 1. The lowest BCUT2D eigenvalue weighted by atomic mass is 9.77. The molecule has 0 radical (unpaired) electrons. The summed E-state index contributed by atoms with van der Waals surface area (Å²) in [5, 5.41) is 11.8. The van der Waals surface area contributed by atoms with Gasteiger partial charge in [0.2, 0.25) is 0 Å². The number of aromatic carboxylic acids is 1. The van der Waals surface area contributed by atoms with Gasteiger partial charge in [-0.1, -0.05) is 42.5 Å². The number of nitrogens with one attached hydrogen (secondary N) is 1. The Hall–Kier alpha value is -3.17. The minimum Gasteiger partial charge on any atom is -0.477 e. The van der Waals surface area contributed by atoms with Crippen LogP contribution in [0.4, 0.5) is 4.79 Å². The second-order valence-corrected chi connectivity index (χ2v) is 8.50. The van der Waals surface area contributed by atoms with Gasteiger partial charge in [-0.3, -0.25) is 0 Å². The first-order valence-electron chi connectivity index (χ1n) is 10.3. The Bertz CT molecular complexity index is 973. The second-order valence-electron chi connectivity index (χ2n) is 8.50. The van der Waals surface area contributed by atoms with E-state index in [0.29, 0.717) is 11.0 Å². The molecule has 3 rings (SSSR count). The molecule has 0 bridgehead atoms. The number of rotatable bonds is 7. The van der Waals surface area contributed by atoms with E-state index in [1.54, 1.807) is 12.1 Å². The van der Waals surface area contributed by atoms with Crippen molar-refractivity contribution in [1.29, 1.82) is 0 Å². The molecule has 2 aromatic rings. The number of carbonyl (C=O) groups excluding carboxylic acids is 1. The lowest BCUT2D eigenvalue weighted by Crippen LogP contribution is -2.41. The number of alkyl carbamates (subject to hydrolysis) is 1. The number of hydrogen-bond acceptors (Lipinski definition) is 6. The molecule has 0 spiro atoms. The zero-order valence-corrected chi connectivity index (χ0v) is 18.6. The van der Waals surface area contributed by atoms with Crippen LogP contribution in [0.5, 0.6) is 0 Å². The normalized spacial score (nSPS) is 17.1. The van der Waals surface area contributed by atoms with Gasteiger partial charge in [-0.05, 0) is 50.4 Å². The van der Waals surface area contributed by atoms with Crippen molar-refractivity contribution in [3.05, 3.63) is 71.0 Å². The average molecular weight is 438 g/mol. The second kappa shape index (κ2) is 9.54. The van der Waals surface area contributed by atoms with Crippen molar-refractivity contribution < 1.29 is 28.7 Å². The Kier molecular flexibility index (Phi) is 7.01. The third-order valence-electron chi connectivity index (χ3n) is 5.56. The summed E-state index contributed by atoms with van der Waals surface area (Å²) in [6.45, 7) is 8.03. The van der Waals surface area contributed by atoms with E-state index in [4.69, 9.17) is 19.2 Å². The van der Waals surface area contributed by atoms with Crippen LogP contribution >= 0.6 is 0 Å². The lowest BCUT2D eigenvalue weighted by Gasteiger charge is -2.32. The topological polar surface area (TPSA) is 107 Å². The highest BCUT2D eigenvalue weighted by Crippen LogP contribution is 2.38. The maximum absolute atomic E-state index is 12.2. The van der Waals surface area contributed by atoms with Crippen molar-refractivity contribution in [3.8, 4) is 0 Å². The van der Waals surface area contributed by atoms with E-state index in [2.05, 4.69) is 10.3 Å². The molecule has 2 N–H and O–H groups in total. The first kappa shape index (κ1) is 23.5. The molecule has 0 aliphatic carbocycles. The number of pyridine rings is 1. The third kappa shape index (κ3) is 5.75. The molecule has 9 heteroatoms. The molecule has 1 aromatic carbocycles. The Morgan fingerprint density at radius 2 is 1.75 bits per heavy atom.